The molecule has 1 unspecified atom stereocenters. The van der Waals surface area contributed by atoms with Crippen LogP contribution in [0.1, 0.15) is 24.1 Å². The molecule has 0 amide bonds. The van der Waals surface area contributed by atoms with E-state index in [1.54, 1.807) is 11.3 Å². The Labute approximate surface area is 116 Å². The van der Waals surface area contributed by atoms with Crippen molar-refractivity contribution in [1.29, 1.82) is 0 Å². The van der Waals surface area contributed by atoms with Crippen LogP contribution in [0.15, 0.2) is 35.8 Å². The Kier molecular flexibility index (Phi) is 3.12. The van der Waals surface area contributed by atoms with Gasteiger partial charge in [-0.1, -0.05) is 19.1 Å². The number of aryl methyl sites for hydroxylation is 1. The first-order valence-electron chi connectivity index (χ1n) is 6.43. The average Bonchev–Trinajstić information content (AvgIpc) is 3.03. The molecular weight excluding hydrogens is 254 g/mol. The Morgan fingerprint density at radius 1 is 1.37 bits per heavy atom. The Balaban J connectivity index is 2.32. The Hall–Kier alpha value is -1.65. The minimum atomic E-state index is 0.286. The lowest BCUT2D eigenvalue weighted by Gasteiger charge is -2.11. The normalized spacial score (nSPS) is 13.0. The summed E-state index contributed by atoms with van der Waals surface area (Å²) in [6, 6.07) is 8.34. The summed E-state index contributed by atoms with van der Waals surface area (Å²) in [6.45, 7) is 4.88. The highest BCUT2D eigenvalue weighted by molar-refractivity contribution is 7.13. The van der Waals surface area contributed by atoms with Gasteiger partial charge in [-0.05, 0) is 30.0 Å². The summed E-state index contributed by atoms with van der Waals surface area (Å²) in [5, 5.41) is 2.08. The van der Waals surface area contributed by atoms with E-state index in [0.717, 1.165) is 11.3 Å². The number of nitrogens with zero attached hydrogens (tertiary/aromatic N) is 2. The zero-order valence-electron chi connectivity index (χ0n) is 11.1. The van der Waals surface area contributed by atoms with Gasteiger partial charge in [0.25, 0.3) is 0 Å². The Bertz CT molecular complexity index is 698. The largest absolute Gasteiger partial charge is 0.330 e. The van der Waals surface area contributed by atoms with Crippen LogP contribution in [0.2, 0.25) is 0 Å². The maximum atomic E-state index is 5.88. The third-order valence-electron chi connectivity index (χ3n) is 3.38. The van der Waals surface area contributed by atoms with E-state index in [9.17, 15) is 0 Å². The van der Waals surface area contributed by atoms with Crippen LogP contribution in [-0.4, -0.2) is 15.9 Å². The first-order valence-corrected chi connectivity index (χ1v) is 7.31. The fourth-order valence-electron chi connectivity index (χ4n) is 2.35. The fraction of sp³-hybridized carbons (Fsp3) is 0.267. The predicted octanol–water partition coefficient (Wildman–Crippen LogP) is 3.43. The van der Waals surface area contributed by atoms with Crippen LogP contribution in [0.25, 0.3) is 16.2 Å². The van der Waals surface area contributed by atoms with Crippen molar-refractivity contribution in [3.8, 4) is 10.6 Å². The highest BCUT2D eigenvalue weighted by atomic mass is 32.1. The van der Waals surface area contributed by atoms with E-state index >= 15 is 0 Å². The molecule has 0 aromatic carbocycles. The molecule has 0 fully saturated rings. The number of aromatic nitrogens is 2. The molecule has 98 valence electrons. The number of fused-ring (bicyclic) bond motifs is 1. The number of pyridine rings is 1. The molecule has 3 rings (SSSR count). The summed E-state index contributed by atoms with van der Waals surface area (Å²) in [5.74, 6) is 0.286. The molecule has 0 bridgehead atoms. The van der Waals surface area contributed by atoms with Gasteiger partial charge in [0.1, 0.15) is 11.3 Å². The van der Waals surface area contributed by atoms with E-state index in [0.29, 0.717) is 6.54 Å². The number of nitrogens with two attached hydrogens (primary N) is 1. The summed E-state index contributed by atoms with van der Waals surface area (Å²) >= 11 is 1.72. The number of hydrogen-bond acceptors (Lipinski definition) is 3. The van der Waals surface area contributed by atoms with Crippen LogP contribution in [0.5, 0.6) is 0 Å². The molecular formula is C15H17N3S. The van der Waals surface area contributed by atoms with E-state index in [2.05, 4.69) is 54.1 Å². The van der Waals surface area contributed by atoms with Crippen molar-refractivity contribution in [2.24, 2.45) is 5.73 Å². The second-order valence-electron chi connectivity index (χ2n) is 4.89. The number of thiophene rings is 1. The minimum absolute atomic E-state index is 0.286. The van der Waals surface area contributed by atoms with Gasteiger partial charge in [-0.25, -0.2) is 4.98 Å². The van der Waals surface area contributed by atoms with Crippen molar-refractivity contribution in [3.63, 3.8) is 0 Å². The lowest BCUT2D eigenvalue weighted by Crippen LogP contribution is -2.12. The van der Waals surface area contributed by atoms with Crippen LogP contribution in [0.4, 0.5) is 0 Å². The first kappa shape index (κ1) is 12.4. The molecule has 0 radical (unpaired) electrons. The molecule has 4 heteroatoms. The highest BCUT2D eigenvalue weighted by Crippen LogP contribution is 2.32. The van der Waals surface area contributed by atoms with Crippen molar-refractivity contribution in [2.75, 3.05) is 6.54 Å². The van der Waals surface area contributed by atoms with Gasteiger partial charge in [0, 0.05) is 18.7 Å². The highest BCUT2D eigenvalue weighted by Gasteiger charge is 2.19. The van der Waals surface area contributed by atoms with Crippen LogP contribution in [-0.2, 0) is 0 Å². The Morgan fingerprint density at radius 3 is 2.89 bits per heavy atom. The van der Waals surface area contributed by atoms with Crippen molar-refractivity contribution in [2.45, 2.75) is 19.8 Å². The molecule has 3 heterocycles. The second-order valence-corrected chi connectivity index (χ2v) is 5.84. The summed E-state index contributed by atoms with van der Waals surface area (Å²) in [4.78, 5) is 5.99. The second kappa shape index (κ2) is 4.79. The maximum Gasteiger partial charge on any atom is 0.137 e. The molecule has 0 aliphatic rings. The fourth-order valence-corrected chi connectivity index (χ4v) is 3.07. The zero-order chi connectivity index (χ0) is 13.4. The van der Waals surface area contributed by atoms with Gasteiger partial charge < -0.3 is 10.1 Å². The van der Waals surface area contributed by atoms with Crippen molar-refractivity contribution in [1.82, 2.24) is 9.38 Å². The molecule has 0 spiro atoms. The topological polar surface area (TPSA) is 43.3 Å². The van der Waals surface area contributed by atoms with Gasteiger partial charge in [0.05, 0.1) is 10.6 Å². The molecule has 0 saturated heterocycles. The quantitative estimate of drug-likeness (QED) is 0.793. The third kappa shape index (κ3) is 2.07. The van der Waals surface area contributed by atoms with E-state index in [-0.39, 0.29) is 5.92 Å². The standard InChI is InChI=1S/C15H17N3S/c1-10-5-6-13-17-14(12-4-3-7-19-12)15(11(2)8-16)18(13)9-10/h3-7,9,11H,8,16H2,1-2H3. The van der Waals surface area contributed by atoms with Crippen molar-refractivity contribution in [3.05, 3.63) is 47.1 Å². The summed E-state index contributed by atoms with van der Waals surface area (Å²) in [6.07, 6.45) is 2.14. The van der Waals surface area contributed by atoms with Crippen LogP contribution in [0.3, 0.4) is 0 Å². The number of imidazole rings is 1. The molecule has 3 aromatic rings. The average molecular weight is 271 g/mol. The minimum Gasteiger partial charge on any atom is -0.330 e. The number of hydrogen-bond donors (Lipinski definition) is 1. The van der Waals surface area contributed by atoms with Crippen LogP contribution in [0, 0.1) is 6.92 Å². The third-order valence-corrected chi connectivity index (χ3v) is 4.25. The predicted molar refractivity (Wildman–Crippen MR) is 80.7 cm³/mol. The summed E-state index contributed by atoms with van der Waals surface area (Å²) in [5.41, 5.74) is 10.4. The van der Waals surface area contributed by atoms with Gasteiger partial charge in [-0.2, -0.15) is 0 Å². The van der Waals surface area contributed by atoms with Crippen molar-refractivity contribution >= 4 is 17.0 Å². The molecule has 3 nitrogen and oxygen atoms in total. The van der Waals surface area contributed by atoms with E-state index in [1.807, 2.05) is 0 Å². The number of rotatable bonds is 3. The first-order chi connectivity index (χ1) is 9.20. The maximum absolute atomic E-state index is 5.88. The lowest BCUT2D eigenvalue weighted by atomic mass is 10.1. The molecule has 19 heavy (non-hydrogen) atoms. The van der Waals surface area contributed by atoms with Gasteiger partial charge in [-0.15, -0.1) is 11.3 Å². The van der Waals surface area contributed by atoms with Crippen LogP contribution < -0.4 is 5.73 Å². The van der Waals surface area contributed by atoms with Crippen LogP contribution >= 0.6 is 11.3 Å². The molecule has 0 aliphatic carbocycles. The van der Waals surface area contributed by atoms with Crippen molar-refractivity contribution < 1.29 is 0 Å². The molecule has 3 aromatic heterocycles. The molecule has 0 saturated carbocycles. The van der Waals surface area contributed by atoms with Gasteiger partial charge in [0.2, 0.25) is 0 Å². The lowest BCUT2D eigenvalue weighted by molar-refractivity contribution is 0.738. The monoisotopic (exact) mass is 271 g/mol. The zero-order valence-corrected chi connectivity index (χ0v) is 11.9. The molecule has 1 atom stereocenters. The van der Waals surface area contributed by atoms with E-state index < -0.39 is 0 Å². The van der Waals surface area contributed by atoms with Gasteiger partial charge >= 0.3 is 0 Å². The summed E-state index contributed by atoms with van der Waals surface area (Å²) < 4.78 is 2.18. The molecule has 2 N–H and O–H groups in total. The van der Waals surface area contributed by atoms with Gasteiger partial charge in [0.15, 0.2) is 0 Å². The summed E-state index contributed by atoms with van der Waals surface area (Å²) in [7, 11) is 0. The Morgan fingerprint density at radius 2 is 2.21 bits per heavy atom. The van der Waals surface area contributed by atoms with E-state index in [1.165, 1.54) is 16.1 Å². The SMILES string of the molecule is Cc1ccc2nc(-c3cccs3)c(C(C)CN)n2c1. The van der Waals surface area contributed by atoms with E-state index in [4.69, 9.17) is 10.7 Å². The molecule has 0 aliphatic heterocycles. The smallest absolute Gasteiger partial charge is 0.137 e. The van der Waals surface area contributed by atoms with Gasteiger partial charge in [-0.3, -0.25) is 0 Å².